The van der Waals surface area contributed by atoms with Gasteiger partial charge in [0, 0.05) is 19.6 Å². The molecule has 0 spiro atoms. The molecule has 7 nitrogen and oxygen atoms in total. The highest BCUT2D eigenvalue weighted by atomic mass is 16.4. The number of hydrogen-bond acceptors (Lipinski definition) is 3. The summed E-state index contributed by atoms with van der Waals surface area (Å²) in [6.45, 7) is 2.40. The van der Waals surface area contributed by atoms with Crippen LogP contribution in [-0.4, -0.2) is 49.8 Å². The van der Waals surface area contributed by atoms with Crippen LogP contribution in [-0.2, 0) is 29.2 Å². The fourth-order valence-corrected chi connectivity index (χ4v) is 5.44. The molecule has 1 N–H and O–H groups in total. The number of carbonyl (C=O) groups excluding carboxylic acids is 2. The Morgan fingerprint density at radius 3 is 1.56 bits per heavy atom. The smallest absolute Gasteiger partial charge is 0.329 e. The minimum atomic E-state index is -1.36. The lowest BCUT2D eigenvalue weighted by Crippen LogP contribution is -2.53. The van der Waals surface area contributed by atoms with Crippen LogP contribution in [0.5, 0.6) is 0 Å². The average molecular weight is 548 g/mol. The average Bonchev–Trinajstić information content (AvgIpc) is 3.28. The third-order valence-corrected chi connectivity index (χ3v) is 7.59. The fourth-order valence-electron chi connectivity index (χ4n) is 5.44. The van der Waals surface area contributed by atoms with E-state index in [2.05, 4.69) is 0 Å². The van der Waals surface area contributed by atoms with Crippen molar-refractivity contribution < 1.29 is 19.5 Å². The summed E-state index contributed by atoms with van der Waals surface area (Å²) >= 11 is 0. The Kier molecular flexibility index (Phi) is 8.44. The van der Waals surface area contributed by atoms with E-state index in [0.717, 1.165) is 22.3 Å². The highest BCUT2D eigenvalue weighted by Gasteiger charge is 2.54. The SMILES string of the molecule is CC(c1ccccc1)N(Cc1ccccc1)C(=O)C1C(C(=O)O)N(Cc2ccccc2)C(=O)N1Cc1ccccc1. The second kappa shape index (κ2) is 12.5. The Bertz CT molecular complexity index is 1470. The summed E-state index contributed by atoms with van der Waals surface area (Å²) in [4.78, 5) is 46.0. The summed E-state index contributed by atoms with van der Waals surface area (Å²) in [5, 5.41) is 10.5. The molecular weight excluding hydrogens is 514 g/mol. The standard InChI is InChI=1S/C34H33N3O4/c1-25(29-20-12-5-13-21-29)35(22-26-14-6-2-7-15-26)32(38)30-31(33(39)40)37(24-28-18-10-4-11-19-28)34(41)36(30)23-27-16-8-3-9-17-27/h2-21,25,30-31H,22-24H2,1H3,(H,39,40). The number of benzene rings is 4. The maximum atomic E-state index is 14.7. The number of amides is 3. The second-order valence-corrected chi connectivity index (χ2v) is 10.3. The Labute approximate surface area is 240 Å². The third-order valence-electron chi connectivity index (χ3n) is 7.59. The van der Waals surface area contributed by atoms with Crippen LogP contribution in [0.25, 0.3) is 0 Å². The third kappa shape index (κ3) is 6.14. The summed E-state index contributed by atoms with van der Waals surface area (Å²) in [5.74, 6) is -1.62. The minimum absolute atomic E-state index is 0.0820. The van der Waals surface area contributed by atoms with Crippen LogP contribution < -0.4 is 0 Å². The Morgan fingerprint density at radius 1 is 0.683 bits per heavy atom. The van der Waals surface area contributed by atoms with Gasteiger partial charge in [-0.05, 0) is 29.2 Å². The summed E-state index contributed by atoms with van der Waals surface area (Å²) in [7, 11) is 0. The first-order chi connectivity index (χ1) is 19.9. The highest BCUT2D eigenvalue weighted by molar-refractivity contribution is 5.98. The van der Waals surface area contributed by atoms with Crippen LogP contribution in [0.4, 0.5) is 4.79 Å². The van der Waals surface area contributed by atoms with Gasteiger partial charge in [-0.25, -0.2) is 9.59 Å². The molecule has 1 aliphatic heterocycles. The number of nitrogens with zero attached hydrogens (tertiary/aromatic N) is 3. The van der Waals surface area contributed by atoms with Gasteiger partial charge in [0.25, 0.3) is 0 Å². The molecule has 0 bridgehead atoms. The van der Waals surface area contributed by atoms with Crippen LogP contribution in [0.3, 0.4) is 0 Å². The molecule has 41 heavy (non-hydrogen) atoms. The van der Waals surface area contributed by atoms with Gasteiger partial charge in [0.15, 0.2) is 6.04 Å². The molecule has 0 aromatic heterocycles. The van der Waals surface area contributed by atoms with Crippen molar-refractivity contribution in [1.82, 2.24) is 14.7 Å². The van der Waals surface area contributed by atoms with Crippen molar-refractivity contribution in [3.05, 3.63) is 144 Å². The van der Waals surface area contributed by atoms with E-state index in [-0.39, 0.29) is 25.7 Å². The van der Waals surface area contributed by atoms with E-state index in [0.29, 0.717) is 0 Å². The van der Waals surface area contributed by atoms with Crippen molar-refractivity contribution in [2.75, 3.05) is 0 Å². The first-order valence-electron chi connectivity index (χ1n) is 13.7. The number of urea groups is 1. The molecule has 3 unspecified atom stereocenters. The van der Waals surface area contributed by atoms with E-state index in [1.807, 2.05) is 128 Å². The monoisotopic (exact) mass is 547 g/mol. The number of hydrogen-bond donors (Lipinski definition) is 1. The lowest BCUT2D eigenvalue weighted by molar-refractivity contribution is -0.149. The van der Waals surface area contributed by atoms with Crippen LogP contribution >= 0.6 is 0 Å². The van der Waals surface area contributed by atoms with Gasteiger partial charge in [-0.2, -0.15) is 0 Å². The predicted octanol–water partition coefficient (Wildman–Crippen LogP) is 5.74. The number of carboxylic acids is 1. The first kappa shape index (κ1) is 27.6. The molecule has 1 heterocycles. The van der Waals surface area contributed by atoms with Crippen molar-refractivity contribution >= 4 is 17.9 Å². The number of rotatable bonds is 10. The Morgan fingerprint density at radius 2 is 1.10 bits per heavy atom. The highest BCUT2D eigenvalue weighted by Crippen LogP contribution is 2.32. The zero-order valence-corrected chi connectivity index (χ0v) is 22.9. The zero-order chi connectivity index (χ0) is 28.8. The van der Waals surface area contributed by atoms with Gasteiger partial charge >= 0.3 is 12.0 Å². The first-order valence-corrected chi connectivity index (χ1v) is 13.7. The summed E-state index contributed by atoms with van der Waals surface area (Å²) in [5.41, 5.74) is 3.44. The van der Waals surface area contributed by atoms with E-state index in [9.17, 15) is 19.5 Å². The molecule has 1 fully saturated rings. The molecule has 0 aliphatic carbocycles. The van der Waals surface area contributed by atoms with E-state index in [1.54, 1.807) is 4.90 Å². The van der Waals surface area contributed by atoms with Gasteiger partial charge in [-0.15, -0.1) is 0 Å². The summed E-state index contributed by atoms with van der Waals surface area (Å²) in [6, 6.07) is 34.4. The van der Waals surface area contributed by atoms with E-state index >= 15 is 0 Å². The quantitative estimate of drug-likeness (QED) is 0.275. The molecular formula is C34H33N3O4. The van der Waals surface area contributed by atoms with Crippen molar-refractivity contribution in [2.45, 2.75) is 44.7 Å². The van der Waals surface area contributed by atoms with Crippen molar-refractivity contribution in [3.63, 3.8) is 0 Å². The number of carboxylic acid groups (broad SMARTS) is 1. The van der Waals surface area contributed by atoms with E-state index < -0.39 is 30.0 Å². The molecule has 1 aliphatic rings. The van der Waals surface area contributed by atoms with Gasteiger partial charge < -0.3 is 19.8 Å². The fraction of sp³-hybridized carbons (Fsp3) is 0.206. The molecule has 3 amide bonds. The molecule has 0 radical (unpaired) electrons. The van der Waals surface area contributed by atoms with Crippen LogP contribution in [0.2, 0.25) is 0 Å². The molecule has 3 atom stereocenters. The van der Waals surface area contributed by atoms with E-state index in [4.69, 9.17) is 0 Å². The molecule has 4 aromatic carbocycles. The lowest BCUT2D eigenvalue weighted by Gasteiger charge is -2.35. The number of carbonyl (C=O) groups is 3. The molecule has 208 valence electrons. The maximum absolute atomic E-state index is 14.7. The Balaban J connectivity index is 1.57. The lowest BCUT2D eigenvalue weighted by atomic mass is 10.0. The largest absolute Gasteiger partial charge is 0.480 e. The van der Waals surface area contributed by atoms with Gasteiger partial charge in [-0.3, -0.25) is 4.79 Å². The molecule has 1 saturated heterocycles. The normalized spacial score (nSPS) is 17.3. The van der Waals surface area contributed by atoms with Crippen LogP contribution in [0.15, 0.2) is 121 Å². The van der Waals surface area contributed by atoms with Gasteiger partial charge in [0.2, 0.25) is 5.91 Å². The topological polar surface area (TPSA) is 81.2 Å². The summed E-state index contributed by atoms with van der Waals surface area (Å²) in [6.07, 6.45) is 0. The Hall–Kier alpha value is -4.91. The predicted molar refractivity (Wildman–Crippen MR) is 156 cm³/mol. The van der Waals surface area contributed by atoms with Crippen molar-refractivity contribution in [3.8, 4) is 0 Å². The molecule has 0 saturated carbocycles. The molecule has 5 rings (SSSR count). The van der Waals surface area contributed by atoms with Gasteiger partial charge in [-0.1, -0.05) is 121 Å². The number of aliphatic carboxylic acids is 1. The second-order valence-electron chi connectivity index (χ2n) is 10.3. The van der Waals surface area contributed by atoms with Crippen LogP contribution in [0.1, 0.15) is 35.2 Å². The molecule has 4 aromatic rings. The minimum Gasteiger partial charge on any atom is -0.480 e. The van der Waals surface area contributed by atoms with Crippen molar-refractivity contribution in [1.29, 1.82) is 0 Å². The van der Waals surface area contributed by atoms with E-state index in [1.165, 1.54) is 9.80 Å². The molecule has 7 heteroatoms. The zero-order valence-electron chi connectivity index (χ0n) is 22.9. The van der Waals surface area contributed by atoms with Crippen molar-refractivity contribution in [2.24, 2.45) is 0 Å². The van der Waals surface area contributed by atoms with Crippen LogP contribution in [0, 0.1) is 0 Å². The maximum Gasteiger partial charge on any atom is 0.329 e. The van der Waals surface area contributed by atoms with Gasteiger partial charge in [0.05, 0.1) is 6.04 Å². The summed E-state index contributed by atoms with van der Waals surface area (Å²) < 4.78 is 0. The van der Waals surface area contributed by atoms with Gasteiger partial charge in [0.1, 0.15) is 6.04 Å².